The van der Waals surface area contributed by atoms with Gasteiger partial charge in [-0.3, -0.25) is 9.20 Å². The molecule has 1 atom stereocenters. The maximum Gasteiger partial charge on any atom is 0.253 e. The fraction of sp³-hybridized carbons (Fsp3) is 0.133. The zero-order valence-electron chi connectivity index (χ0n) is 11.8. The van der Waals surface area contributed by atoms with Gasteiger partial charge in [-0.05, 0) is 29.8 Å². The highest BCUT2D eigenvalue weighted by Crippen LogP contribution is 2.20. The van der Waals surface area contributed by atoms with E-state index in [4.69, 9.17) is 11.6 Å². The lowest BCUT2D eigenvalue weighted by molar-refractivity contribution is 0.0915. The van der Waals surface area contributed by atoms with Crippen molar-refractivity contribution in [2.45, 2.75) is 6.04 Å². The van der Waals surface area contributed by atoms with Crippen molar-refractivity contribution in [1.82, 2.24) is 19.9 Å². The number of benzene rings is 1. The van der Waals surface area contributed by atoms with Crippen molar-refractivity contribution in [3.05, 3.63) is 64.8 Å². The SMILES string of the molecule is O=C(NC(CO)c1ccc(Cl)c(F)c1)c1ccc2nncn2c1. The number of rotatable bonds is 4. The lowest BCUT2D eigenvalue weighted by Crippen LogP contribution is -2.31. The van der Waals surface area contributed by atoms with E-state index >= 15 is 0 Å². The summed E-state index contributed by atoms with van der Waals surface area (Å²) in [6.45, 7) is -0.373. The number of aliphatic hydroxyl groups is 1. The molecular formula is C15H12ClFN4O2. The molecular weight excluding hydrogens is 323 g/mol. The van der Waals surface area contributed by atoms with Crippen LogP contribution in [0, 0.1) is 5.82 Å². The number of halogens is 2. The van der Waals surface area contributed by atoms with Crippen LogP contribution in [-0.2, 0) is 0 Å². The molecule has 6 nitrogen and oxygen atoms in total. The standard InChI is InChI=1S/C15H12ClFN4O2/c16-11-3-1-9(5-12(11)17)13(7-22)19-15(23)10-2-4-14-20-18-8-21(14)6-10/h1-6,8,13,22H,7H2,(H,19,23). The number of aliphatic hydroxyl groups excluding tert-OH is 1. The maximum atomic E-state index is 13.5. The van der Waals surface area contributed by atoms with Crippen LogP contribution in [-0.4, -0.2) is 32.2 Å². The zero-order valence-corrected chi connectivity index (χ0v) is 12.5. The highest BCUT2D eigenvalue weighted by Gasteiger charge is 2.17. The van der Waals surface area contributed by atoms with Gasteiger partial charge in [0.05, 0.1) is 23.2 Å². The number of carbonyl (C=O) groups is 1. The number of hydrogen-bond donors (Lipinski definition) is 2. The predicted octanol–water partition coefficient (Wildman–Crippen LogP) is 1.99. The molecule has 0 aliphatic carbocycles. The van der Waals surface area contributed by atoms with Crippen molar-refractivity contribution in [3.63, 3.8) is 0 Å². The molecule has 0 spiro atoms. The zero-order chi connectivity index (χ0) is 16.4. The van der Waals surface area contributed by atoms with Gasteiger partial charge in [-0.15, -0.1) is 10.2 Å². The second-order valence-corrected chi connectivity index (χ2v) is 5.30. The summed E-state index contributed by atoms with van der Waals surface area (Å²) in [7, 11) is 0. The molecule has 1 unspecified atom stereocenters. The average Bonchev–Trinajstić information content (AvgIpc) is 3.02. The number of nitrogens with one attached hydrogen (secondary N) is 1. The van der Waals surface area contributed by atoms with Crippen LogP contribution in [0.3, 0.4) is 0 Å². The molecule has 0 aliphatic rings. The van der Waals surface area contributed by atoms with Gasteiger partial charge >= 0.3 is 0 Å². The molecule has 3 aromatic rings. The van der Waals surface area contributed by atoms with E-state index in [-0.39, 0.29) is 11.6 Å². The first kappa shape index (κ1) is 15.4. The summed E-state index contributed by atoms with van der Waals surface area (Å²) in [5.41, 5.74) is 1.40. The molecule has 2 heterocycles. The molecule has 23 heavy (non-hydrogen) atoms. The van der Waals surface area contributed by atoms with E-state index in [1.165, 1.54) is 18.5 Å². The third-order valence-corrected chi connectivity index (χ3v) is 3.69. The van der Waals surface area contributed by atoms with Gasteiger partial charge < -0.3 is 10.4 Å². The van der Waals surface area contributed by atoms with Gasteiger partial charge in [-0.1, -0.05) is 17.7 Å². The summed E-state index contributed by atoms with van der Waals surface area (Å²) in [6.07, 6.45) is 3.05. The quantitative estimate of drug-likeness (QED) is 0.764. The second kappa shape index (κ2) is 6.31. The first-order valence-corrected chi connectivity index (χ1v) is 7.12. The second-order valence-electron chi connectivity index (χ2n) is 4.90. The molecule has 118 valence electrons. The van der Waals surface area contributed by atoms with Crippen LogP contribution < -0.4 is 5.32 Å². The predicted molar refractivity (Wildman–Crippen MR) is 81.7 cm³/mol. The Hall–Kier alpha value is -2.51. The Morgan fingerprint density at radius 3 is 2.96 bits per heavy atom. The molecule has 0 radical (unpaired) electrons. The molecule has 0 saturated carbocycles. The minimum atomic E-state index is -0.745. The number of pyridine rings is 1. The van der Waals surface area contributed by atoms with Gasteiger partial charge in [0.1, 0.15) is 12.1 Å². The van der Waals surface area contributed by atoms with Crippen molar-refractivity contribution in [1.29, 1.82) is 0 Å². The van der Waals surface area contributed by atoms with Crippen LogP contribution in [0.4, 0.5) is 4.39 Å². The van der Waals surface area contributed by atoms with Crippen molar-refractivity contribution in [3.8, 4) is 0 Å². The monoisotopic (exact) mass is 334 g/mol. The lowest BCUT2D eigenvalue weighted by atomic mass is 10.1. The van der Waals surface area contributed by atoms with Crippen molar-refractivity contribution < 1.29 is 14.3 Å². The van der Waals surface area contributed by atoms with Crippen molar-refractivity contribution in [2.75, 3.05) is 6.61 Å². The van der Waals surface area contributed by atoms with Gasteiger partial charge in [0.2, 0.25) is 0 Å². The first-order chi connectivity index (χ1) is 11.1. The van der Waals surface area contributed by atoms with Crippen LogP contribution in [0.15, 0.2) is 42.9 Å². The average molecular weight is 335 g/mol. The minimum Gasteiger partial charge on any atom is -0.394 e. The molecule has 2 aromatic heterocycles. The largest absolute Gasteiger partial charge is 0.394 e. The highest BCUT2D eigenvalue weighted by molar-refractivity contribution is 6.30. The number of aromatic nitrogens is 3. The summed E-state index contributed by atoms with van der Waals surface area (Å²) < 4.78 is 15.1. The molecule has 0 bridgehead atoms. The molecule has 8 heteroatoms. The van der Waals surface area contributed by atoms with Crippen molar-refractivity contribution >= 4 is 23.2 Å². The van der Waals surface area contributed by atoms with Crippen LogP contribution >= 0.6 is 11.6 Å². The van der Waals surface area contributed by atoms with Gasteiger partial charge in [-0.25, -0.2) is 4.39 Å². The molecule has 1 aromatic carbocycles. The third-order valence-electron chi connectivity index (χ3n) is 3.39. The summed E-state index contributed by atoms with van der Waals surface area (Å²) in [4.78, 5) is 12.3. The van der Waals surface area contributed by atoms with Gasteiger partial charge in [0, 0.05) is 6.20 Å². The smallest absolute Gasteiger partial charge is 0.253 e. The summed E-state index contributed by atoms with van der Waals surface area (Å²) in [5.74, 6) is -1.02. The summed E-state index contributed by atoms with van der Waals surface area (Å²) >= 11 is 5.64. The van der Waals surface area contributed by atoms with Crippen LogP contribution in [0.1, 0.15) is 22.0 Å². The normalized spacial score (nSPS) is 12.3. The van der Waals surface area contributed by atoms with E-state index in [1.807, 2.05) is 0 Å². The Kier molecular flexibility index (Phi) is 4.22. The summed E-state index contributed by atoms with van der Waals surface area (Å²) in [6, 6.07) is 6.62. The Balaban J connectivity index is 1.82. The number of fused-ring (bicyclic) bond motifs is 1. The molecule has 2 N–H and O–H groups in total. The van der Waals surface area contributed by atoms with Crippen LogP contribution in [0.5, 0.6) is 0 Å². The van der Waals surface area contributed by atoms with Crippen LogP contribution in [0.25, 0.3) is 5.65 Å². The Bertz CT molecular complexity index is 868. The fourth-order valence-electron chi connectivity index (χ4n) is 2.17. The van der Waals surface area contributed by atoms with Gasteiger partial charge in [-0.2, -0.15) is 0 Å². The Morgan fingerprint density at radius 1 is 1.39 bits per heavy atom. The van der Waals surface area contributed by atoms with Gasteiger partial charge in [0.15, 0.2) is 5.65 Å². The Morgan fingerprint density at radius 2 is 2.22 bits per heavy atom. The van der Waals surface area contributed by atoms with Crippen LogP contribution in [0.2, 0.25) is 5.02 Å². The Labute approximate surface area is 135 Å². The number of amides is 1. The minimum absolute atomic E-state index is 0.0187. The van der Waals surface area contributed by atoms with E-state index in [0.717, 1.165) is 0 Å². The maximum absolute atomic E-state index is 13.5. The van der Waals surface area contributed by atoms with E-state index in [1.54, 1.807) is 28.8 Å². The van der Waals surface area contributed by atoms with Gasteiger partial charge in [0.25, 0.3) is 5.91 Å². The van der Waals surface area contributed by atoms with E-state index < -0.39 is 17.8 Å². The molecule has 3 rings (SSSR count). The lowest BCUT2D eigenvalue weighted by Gasteiger charge is -2.17. The molecule has 1 amide bonds. The first-order valence-electron chi connectivity index (χ1n) is 6.74. The molecule has 0 fully saturated rings. The number of carbonyl (C=O) groups excluding carboxylic acids is 1. The fourth-order valence-corrected chi connectivity index (χ4v) is 2.28. The van der Waals surface area contributed by atoms with E-state index in [0.29, 0.717) is 16.8 Å². The highest BCUT2D eigenvalue weighted by atomic mass is 35.5. The number of hydrogen-bond acceptors (Lipinski definition) is 4. The molecule has 0 aliphatic heterocycles. The third kappa shape index (κ3) is 3.15. The topological polar surface area (TPSA) is 79.5 Å². The van der Waals surface area contributed by atoms with Crippen molar-refractivity contribution in [2.24, 2.45) is 0 Å². The van der Waals surface area contributed by atoms with E-state index in [2.05, 4.69) is 15.5 Å². The van der Waals surface area contributed by atoms with E-state index in [9.17, 15) is 14.3 Å². The molecule has 0 saturated heterocycles. The number of nitrogens with zero attached hydrogens (tertiary/aromatic N) is 3. The summed E-state index contributed by atoms with van der Waals surface area (Å²) in [5, 5.41) is 19.7.